The highest BCUT2D eigenvalue weighted by Gasteiger charge is 2.32. The number of allylic oxidation sites excluding steroid dienone is 1. The number of rotatable bonds is 12. The summed E-state index contributed by atoms with van der Waals surface area (Å²) in [5.74, 6) is 0.794. The Morgan fingerprint density at radius 2 is 1.56 bits per heavy atom. The number of fused-ring (bicyclic) bond motifs is 1. The molecule has 0 radical (unpaired) electrons. The molecule has 1 heterocycles. The summed E-state index contributed by atoms with van der Waals surface area (Å²) in [5.41, 5.74) is 7.51. The number of likely N-dealkylation sites (tertiary alicyclic amines) is 1. The third kappa shape index (κ3) is 7.48. The molecule has 1 aliphatic heterocycles. The molecule has 0 spiro atoms. The first-order valence-electron chi connectivity index (χ1n) is 15.2. The molecular formula is C35H43NO4S. The number of aryl methyl sites for hydroxylation is 2. The topological polar surface area (TPSA) is 55.8 Å². The SMILES string of the molecule is CCCCS(=O)(=O)OC(C1=C(c2ccccc2C)CCc2ccccc21)c1ccc(OCCN2CCCCC2)cc1. The summed E-state index contributed by atoms with van der Waals surface area (Å²) < 4.78 is 38.9. The smallest absolute Gasteiger partial charge is 0.268 e. The van der Waals surface area contributed by atoms with Crippen LogP contribution in [0.15, 0.2) is 72.8 Å². The van der Waals surface area contributed by atoms with E-state index in [4.69, 9.17) is 8.92 Å². The van der Waals surface area contributed by atoms with Gasteiger partial charge in [-0.15, -0.1) is 0 Å². The highest BCUT2D eigenvalue weighted by atomic mass is 32.2. The summed E-state index contributed by atoms with van der Waals surface area (Å²) in [6.07, 6.45) is 6.18. The van der Waals surface area contributed by atoms with Crippen molar-refractivity contribution in [1.82, 2.24) is 4.90 Å². The van der Waals surface area contributed by atoms with Gasteiger partial charge in [0.2, 0.25) is 0 Å². The molecule has 218 valence electrons. The summed E-state index contributed by atoms with van der Waals surface area (Å²) in [6, 6.07) is 24.5. The second kappa shape index (κ2) is 13.8. The third-order valence-electron chi connectivity index (χ3n) is 8.31. The molecule has 3 aromatic rings. The Morgan fingerprint density at radius 1 is 0.854 bits per heavy atom. The first-order valence-corrected chi connectivity index (χ1v) is 16.8. The maximum Gasteiger partial charge on any atom is 0.268 e. The Morgan fingerprint density at radius 3 is 2.29 bits per heavy atom. The molecule has 5 nitrogen and oxygen atoms in total. The zero-order valence-corrected chi connectivity index (χ0v) is 25.3. The van der Waals surface area contributed by atoms with Crippen LogP contribution in [-0.2, 0) is 20.7 Å². The monoisotopic (exact) mass is 573 g/mol. The van der Waals surface area contributed by atoms with E-state index in [1.165, 1.54) is 30.4 Å². The van der Waals surface area contributed by atoms with Crippen molar-refractivity contribution in [3.05, 3.63) is 101 Å². The van der Waals surface area contributed by atoms with E-state index in [1.54, 1.807) is 0 Å². The van der Waals surface area contributed by atoms with Gasteiger partial charge in [-0.05, 0) is 103 Å². The lowest BCUT2D eigenvalue weighted by molar-refractivity contribution is 0.183. The van der Waals surface area contributed by atoms with E-state index in [9.17, 15) is 8.42 Å². The molecule has 1 fully saturated rings. The summed E-state index contributed by atoms with van der Waals surface area (Å²) in [7, 11) is -3.77. The molecule has 0 amide bonds. The molecule has 0 saturated carbocycles. The summed E-state index contributed by atoms with van der Waals surface area (Å²) in [6.45, 7) is 7.96. The Kier molecular flexibility index (Phi) is 9.97. The van der Waals surface area contributed by atoms with Crippen molar-refractivity contribution in [3.63, 3.8) is 0 Å². The second-order valence-electron chi connectivity index (χ2n) is 11.3. The van der Waals surface area contributed by atoms with Gasteiger partial charge in [0.15, 0.2) is 0 Å². The number of hydrogen-bond acceptors (Lipinski definition) is 5. The maximum atomic E-state index is 13.3. The highest BCUT2D eigenvalue weighted by molar-refractivity contribution is 7.86. The van der Waals surface area contributed by atoms with Crippen LogP contribution in [0.2, 0.25) is 0 Å². The van der Waals surface area contributed by atoms with Crippen molar-refractivity contribution in [2.45, 2.75) is 64.9 Å². The van der Waals surface area contributed by atoms with E-state index in [1.807, 2.05) is 43.3 Å². The predicted molar refractivity (Wildman–Crippen MR) is 168 cm³/mol. The number of nitrogens with zero attached hydrogens (tertiary/aromatic N) is 1. The van der Waals surface area contributed by atoms with Gasteiger partial charge in [0.25, 0.3) is 10.1 Å². The molecular weight excluding hydrogens is 530 g/mol. The minimum atomic E-state index is -3.77. The minimum Gasteiger partial charge on any atom is -0.492 e. The van der Waals surface area contributed by atoms with E-state index >= 15 is 0 Å². The lowest BCUT2D eigenvalue weighted by atomic mass is 9.78. The average Bonchev–Trinajstić information content (AvgIpc) is 3.00. The van der Waals surface area contributed by atoms with Crippen molar-refractivity contribution in [2.75, 3.05) is 32.0 Å². The van der Waals surface area contributed by atoms with Crippen LogP contribution in [0.25, 0.3) is 11.1 Å². The van der Waals surface area contributed by atoms with Crippen LogP contribution in [0.4, 0.5) is 0 Å². The number of piperidine rings is 1. The fourth-order valence-corrected chi connectivity index (χ4v) is 7.29. The van der Waals surface area contributed by atoms with Gasteiger partial charge in [0.1, 0.15) is 18.5 Å². The lowest BCUT2D eigenvalue weighted by Crippen LogP contribution is -2.33. The van der Waals surface area contributed by atoms with Crippen LogP contribution in [0.5, 0.6) is 5.75 Å². The molecule has 0 N–H and O–H groups in total. The van der Waals surface area contributed by atoms with E-state index in [0.717, 1.165) is 72.5 Å². The van der Waals surface area contributed by atoms with E-state index in [2.05, 4.69) is 48.2 Å². The fraction of sp³-hybridized carbons (Fsp3) is 0.429. The highest BCUT2D eigenvalue weighted by Crippen LogP contribution is 2.46. The van der Waals surface area contributed by atoms with Gasteiger partial charge >= 0.3 is 0 Å². The standard InChI is InChI=1S/C35H43NO4S/c1-3-4-26-41(37,38)40-35(29-16-19-30(20-17-29)39-25-24-36-22-10-5-11-23-36)34-32-15-9-7-13-28(32)18-21-33(34)31-14-8-6-12-27(31)2/h6-9,12-17,19-20,35H,3-5,10-11,18,21-26H2,1-2H3. The molecule has 0 aromatic heterocycles. The second-order valence-corrected chi connectivity index (χ2v) is 13.0. The van der Waals surface area contributed by atoms with Crippen LogP contribution in [0.1, 0.15) is 79.4 Å². The molecule has 2 aliphatic rings. The van der Waals surface area contributed by atoms with Crippen molar-refractivity contribution in [3.8, 4) is 5.75 Å². The van der Waals surface area contributed by atoms with Crippen molar-refractivity contribution in [1.29, 1.82) is 0 Å². The Labute approximate surface area is 246 Å². The van der Waals surface area contributed by atoms with E-state index < -0.39 is 16.2 Å². The zero-order chi connectivity index (χ0) is 28.7. The molecule has 5 rings (SSSR count). The maximum absolute atomic E-state index is 13.3. The summed E-state index contributed by atoms with van der Waals surface area (Å²) in [5, 5.41) is 0. The van der Waals surface area contributed by atoms with Crippen molar-refractivity contribution >= 4 is 21.3 Å². The Bertz CT molecular complexity index is 1440. The number of unbranched alkanes of at least 4 members (excludes halogenated alkanes) is 1. The van der Waals surface area contributed by atoms with Crippen LogP contribution in [-0.4, -0.2) is 45.3 Å². The number of benzene rings is 3. The molecule has 3 aromatic carbocycles. The Balaban J connectivity index is 1.51. The minimum absolute atomic E-state index is 0.00627. The average molecular weight is 574 g/mol. The first kappa shape index (κ1) is 29.6. The molecule has 41 heavy (non-hydrogen) atoms. The molecule has 1 unspecified atom stereocenters. The van der Waals surface area contributed by atoms with E-state index in [0.29, 0.717) is 13.0 Å². The largest absolute Gasteiger partial charge is 0.492 e. The van der Waals surface area contributed by atoms with Crippen LogP contribution < -0.4 is 4.74 Å². The third-order valence-corrected chi connectivity index (χ3v) is 9.58. The molecule has 1 atom stereocenters. The van der Waals surface area contributed by atoms with Crippen LogP contribution >= 0.6 is 0 Å². The molecule has 0 bridgehead atoms. The lowest BCUT2D eigenvalue weighted by Gasteiger charge is -2.30. The van der Waals surface area contributed by atoms with Gasteiger partial charge in [-0.1, -0.05) is 80.4 Å². The van der Waals surface area contributed by atoms with Crippen LogP contribution in [0, 0.1) is 6.92 Å². The molecule has 6 heteroatoms. The molecule has 1 saturated heterocycles. The Hall–Kier alpha value is -2.93. The van der Waals surface area contributed by atoms with Gasteiger partial charge < -0.3 is 4.74 Å². The first-order chi connectivity index (χ1) is 19.9. The van der Waals surface area contributed by atoms with Gasteiger partial charge in [-0.2, -0.15) is 8.42 Å². The van der Waals surface area contributed by atoms with Crippen molar-refractivity contribution in [2.24, 2.45) is 0 Å². The predicted octanol–water partition coefficient (Wildman–Crippen LogP) is 7.60. The zero-order valence-electron chi connectivity index (χ0n) is 24.5. The quantitative estimate of drug-likeness (QED) is 0.209. The summed E-state index contributed by atoms with van der Waals surface area (Å²) >= 11 is 0. The van der Waals surface area contributed by atoms with Crippen molar-refractivity contribution < 1.29 is 17.3 Å². The fourth-order valence-electron chi connectivity index (χ4n) is 6.05. The summed E-state index contributed by atoms with van der Waals surface area (Å²) in [4.78, 5) is 2.46. The normalized spacial score (nSPS) is 16.8. The van der Waals surface area contributed by atoms with E-state index in [-0.39, 0.29) is 5.75 Å². The van der Waals surface area contributed by atoms with Crippen LogP contribution in [0.3, 0.4) is 0 Å². The van der Waals surface area contributed by atoms with Gasteiger partial charge in [0.05, 0.1) is 5.75 Å². The van der Waals surface area contributed by atoms with Gasteiger partial charge in [-0.25, -0.2) is 0 Å². The number of ether oxygens (including phenoxy) is 1. The number of hydrogen-bond donors (Lipinski definition) is 0. The molecule has 1 aliphatic carbocycles. The van der Waals surface area contributed by atoms with Gasteiger partial charge in [0, 0.05) is 6.54 Å². The van der Waals surface area contributed by atoms with Gasteiger partial charge in [-0.3, -0.25) is 9.08 Å².